The van der Waals surface area contributed by atoms with Gasteiger partial charge in [-0.3, -0.25) is 5.10 Å². The zero-order chi connectivity index (χ0) is 16.4. The maximum atomic E-state index is 5.93. The maximum absolute atomic E-state index is 5.93. The molecule has 0 aliphatic carbocycles. The number of imidazole rings is 1. The molecule has 6 heteroatoms. The van der Waals surface area contributed by atoms with E-state index in [2.05, 4.69) is 41.3 Å². The lowest BCUT2D eigenvalue weighted by molar-refractivity contribution is -0.00406. The summed E-state index contributed by atoms with van der Waals surface area (Å²) in [6, 6.07) is 0.450. The van der Waals surface area contributed by atoms with E-state index < -0.39 is 0 Å². The largest absolute Gasteiger partial charge is 0.372 e. The minimum Gasteiger partial charge on any atom is -0.372 e. The third-order valence-electron chi connectivity index (χ3n) is 4.52. The van der Waals surface area contributed by atoms with E-state index in [1.165, 1.54) is 11.3 Å². The number of rotatable bonds is 4. The number of aryl methyl sites for hydroxylation is 1. The normalized spacial score (nSPS) is 22.4. The van der Waals surface area contributed by atoms with Gasteiger partial charge in [0.25, 0.3) is 0 Å². The molecule has 0 amide bonds. The minimum atomic E-state index is 0.0838. The first-order chi connectivity index (χ1) is 10.9. The van der Waals surface area contributed by atoms with Gasteiger partial charge < -0.3 is 14.6 Å². The van der Waals surface area contributed by atoms with Crippen molar-refractivity contribution in [3.05, 3.63) is 35.7 Å². The quantitative estimate of drug-likeness (QED) is 0.909. The Hall–Kier alpha value is -1.66. The molecule has 3 rings (SSSR count). The van der Waals surface area contributed by atoms with Crippen LogP contribution in [0.15, 0.2) is 18.7 Å². The lowest BCUT2D eigenvalue weighted by Gasteiger charge is -2.30. The monoisotopic (exact) mass is 317 g/mol. The molecule has 1 aliphatic heterocycles. The fourth-order valence-corrected chi connectivity index (χ4v) is 3.21. The Kier molecular flexibility index (Phi) is 4.55. The number of hydrogen-bond acceptors (Lipinski definition) is 4. The van der Waals surface area contributed by atoms with Crippen LogP contribution in [0.1, 0.15) is 56.7 Å². The van der Waals surface area contributed by atoms with Crippen molar-refractivity contribution in [1.29, 1.82) is 0 Å². The number of aromatic nitrogens is 4. The van der Waals surface area contributed by atoms with Crippen LogP contribution in [-0.4, -0.2) is 32.4 Å². The second-order valence-corrected chi connectivity index (χ2v) is 7.41. The fraction of sp³-hybridized carbons (Fsp3) is 0.647. The molecule has 0 saturated carbocycles. The molecule has 23 heavy (non-hydrogen) atoms. The van der Waals surface area contributed by atoms with E-state index in [0.717, 1.165) is 31.7 Å². The molecule has 0 bridgehead atoms. The fourth-order valence-electron chi connectivity index (χ4n) is 3.21. The molecule has 2 N–H and O–H groups in total. The molecule has 2 atom stereocenters. The van der Waals surface area contributed by atoms with Crippen LogP contribution in [0, 0.1) is 0 Å². The van der Waals surface area contributed by atoms with E-state index in [4.69, 9.17) is 4.74 Å². The van der Waals surface area contributed by atoms with Crippen LogP contribution in [0.25, 0.3) is 0 Å². The minimum absolute atomic E-state index is 0.0838. The maximum Gasteiger partial charge on any atom is 0.100 e. The predicted molar refractivity (Wildman–Crippen MR) is 89.1 cm³/mol. The summed E-state index contributed by atoms with van der Waals surface area (Å²) in [5, 5.41) is 11.0. The lowest BCUT2D eigenvalue weighted by Crippen LogP contribution is -2.36. The Morgan fingerprint density at radius 2 is 2.22 bits per heavy atom. The van der Waals surface area contributed by atoms with Crippen molar-refractivity contribution in [3.63, 3.8) is 0 Å². The van der Waals surface area contributed by atoms with Crippen LogP contribution >= 0.6 is 0 Å². The molecule has 0 aromatic carbocycles. The standard InChI is InChI=1S/C17H27N5O/c1-17(2,3)16-12(9-20-21-16)8-19-13-5-6-23-15(7-13)14-10-18-11-22(14)4/h9-11,13,15,19H,5-8H2,1-4H3,(H,20,21)/t13-,15-/m0/s1. The summed E-state index contributed by atoms with van der Waals surface area (Å²) in [5.74, 6) is 0. The molecule has 1 aliphatic rings. The summed E-state index contributed by atoms with van der Waals surface area (Å²) in [4.78, 5) is 4.20. The van der Waals surface area contributed by atoms with Crippen LogP contribution in [0.3, 0.4) is 0 Å². The summed E-state index contributed by atoms with van der Waals surface area (Å²) < 4.78 is 7.97. The molecule has 0 unspecified atom stereocenters. The Bertz CT molecular complexity index is 639. The highest BCUT2D eigenvalue weighted by molar-refractivity contribution is 5.23. The molecule has 1 fully saturated rings. The molecule has 3 heterocycles. The first-order valence-electron chi connectivity index (χ1n) is 8.29. The second-order valence-electron chi connectivity index (χ2n) is 7.41. The predicted octanol–water partition coefficient (Wildman–Crippen LogP) is 2.45. The van der Waals surface area contributed by atoms with E-state index in [1.807, 2.05) is 30.3 Å². The molecule has 2 aromatic rings. The van der Waals surface area contributed by atoms with Gasteiger partial charge in [-0.15, -0.1) is 0 Å². The Morgan fingerprint density at radius 1 is 1.39 bits per heavy atom. The molecule has 2 aromatic heterocycles. The van der Waals surface area contributed by atoms with E-state index in [-0.39, 0.29) is 11.5 Å². The molecule has 0 radical (unpaired) electrons. The Labute approximate surface area is 137 Å². The number of nitrogens with zero attached hydrogens (tertiary/aromatic N) is 3. The van der Waals surface area contributed by atoms with E-state index in [9.17, 15) is 0 Å². The van der Waals surface area contributed by atoms with Gasteiger partial charge in [0, 0.05) is 42.9 Å². The summed E-state index contributed by atoms with van der Waals surface area (Å²) in [6.07, 6.45) is 7.81. The number of H-pyrrole nitrogens is 1. The van der Waals surface area contributed by atoms with Gasteiger partial charge in [-0.1, -0.05) is 20.8 Å². The van der Waals surface area contributed by atoms with Crippen molar-refractivity contribution in [2.75, 3.05) is 6.61 Å². The van der Waals surface area contributed by atoms with Crippen molar-refractivity contribution < 1.29 is 4.74 Å². The van der Waals surface area contributed by atoms with E-state index in [0.29, 0.717) is 6.04 Å². The molecule has 6 nitrogen and oxygen atoms in total. The average molecular weight is 317 g/mol. The zero-order valence-corrected chi connectivity index (χ0v) is 14.5. The second kappa shape index (κ2) is 6.45. The number of hydrogen-bond donors (Lipinski definition) is 2. The van der Waals surface area contributed by atoms with Crippen molar-refractivity contribution in [1.82, 2.24) is 25.1 Å². The third kappa shape index (κ3) is 3.64. The zero-order valence-electron chi connectivity index (χ0n) is 14.5. The first-order valence-corrected chi connectivity index (χ1v) is 8.29. The van der Waals surface area contributed by atoms with Crippen LogP contribution in [0.5, 0.6) is 0 Å². The number of aromatic amines is 1. The summed E-state index contributed by atoms with van der Waals surface area (Å²) in [6.45, 7) is 8.24. The first kappa shape index (κ1) is 16.2. The molecule has 1 saturated heterocycles. The highest BCUT2D eigenvalue weighted by Gasteiger charge is 2.26. The van der Waals surface area contributed by atoms with Crippen molar-refractivity contribution >= 4 is 0 Å². The molecule has 126 valence electrons. The van der Waals surface area contributed by atoms with Crippen LogP contribution < -0.4 is 5.32 Å². The molecular weight excluding hydrogens is 290 g/mol. The highest BCUT2D eigenvalue weighted by Crippen LogP contribution is 2.28. The van der Waals surface area contributed by atoms with Gasteiger partial charge in [-0.2, -0.15) is 5.10 Å². The summed E-state index contributed by atoms with van der Waals surface area (Å²) >= 11 is 0. The lowest BCUT2D eigenvalue weighted by atomic mass is 9.89. The van der Waals surface area contributed by atoms with Gasteiger partial charge in [0.1, 0.15) is 6.10 Å². The molecular formula is C17H27N5O. The highest BCUT2D eigenvalue weighted by atomic mass is 16.5. The third-order valence-corrected chi connectivity index (χ3v) is 4.52. The van der Waals surface area contributed by atoms with Gasteiger partial charge in [0.15, 0.2) is 0 Å². The van der Waals surface area contributed by atoms with E-state index in [1.54, 1.807) is 0 Å². The number of nitrogens with one attached hydrogen (secondary N) is 2. The van der Waals surface area contributed by atoms with Crippen molar-refractivity contribution in [3.8, 4) is 0 Å². The topological polar surface area (TPSA) is 67.8 Å². The SMILES string of the molecule is Cn1cncc1[C@@H]1C[C@@H](NCc2cn[nH]c2C(C)(C)C)CCO1. The van der Waals surface area contributed by atoms with Crippen LogP contribution in [0.4, 0.5) is 0 Å². The summed E-state index contributed by atoms with van der Waals surface area (Å²) in [7, 11) is 2.02. The van der Waals surface area contributed by atoms with Crippen LogP contribution in [0.2, 0.25) is 0 Å². The van der Waals surface area contributed by atoms with Gasteiger partial charge in [-0.05, 0) is 12.8 Å². The van der Waals surface area contributed by atoms with Gasteiger partial charge in [0.2, 0.25) is 0 Å². The van der Waals surface area contributed by atoms with Gasteiger partial charge in [0.05, 0.1) is 24.4 Å². The molecule has 0 spiro atoms. The summed E-state index contributed by atoms with van der Waals surface area (Å²) in [5.41, 5.74) is 3.69. The Balaban J connectivity index is 1.61. The smallest absolute Gasteiger partial charge is 0.100 e. The van der Waals surface area contributed by atoms with Crippen molar-refractivity contribution in [2.45, 2.75) is 57.7 Å². The Morgan fingerprint density at radius 3 is 2.91 bits per heavy atom. The van der Waals surface area contributed by atoms with Gasteiger partial charge in [-0.25, -0.2) is 4.98 Å². The van der Waals surface area contributed by atoms with Gasteiger partial charge >= 0.3 is 0 Å². The van der Waals surface area contributed by atoms with Crippen LogP contribution in [-0.2, 0) is 23.7 Å². The average Bonchev–Trinajstić information content (AvgIpc) is 3.13. The number of ether oxygens (including phenoxy) is 1. The van der Waals surface area contributed by atoms with E-state index >= 15 is 0 Å². The van der Waals surface area contributed by atoms with Crippen molar-refractivity contribution in [2.24, 2.45) is 7.05 Å².